The van der Waals surface area contributed by atoms with Crippen LogP contribution in [0.15, 0.2) is 12.2 Å². The Morgan fingerprint density at radius 1 is 1.58 bits per heavy atom. The molecule has 0 aromatic rings. The number of halogens is 1. The van der Waals surface area contributed by atoms with Gasteiger partial charge in [-0.3, -0.25) is 4.79 Å². The minimum atomic E-state index is 0.0875. The van der Waals surface area contributed by atoms with E-state index >= 15 is 0 Å². The molecule has 1 amide bonds. The molecule has 3 heteroatoms. The molecule has 1 unspecified atom stereocenters. The van der Waals surface area contributed by atoms with E-state index in [2.05, 4.69) is 33.4 Å². The number of hydrogen-bond acceptors (Lipinski definition) is 1. The number of allylic oxidation sites excluding steroid dienone is 2. The van der Waals surface area contributed by atoms with Crippen molar-refractivity contribution in [1.29, 1.82) is 0 Å². The summed E-state index contributed by atoms with van der Waals surface area (Å²) in [5, 5.41) is 3.29. The molecule has 0 aliphatic heterocycles. The molecule has 0 radical (unpaired) electrons. The monoisotopic (exact) mass is 231 g/mol. The summed E-state index contributed by atoms with van der Waals surface area (Å²) < 4.78 is 0. The molecule has 12 heavy (non-hydrogen) atoms. The maximum Gasteiger partial charge on any atom is 0.230 e. The number of carbonyl (C=O) groups is 1. The third kappa shape index (κ3) is 3.39. The van der Waals surface area contributed by atoms with Gasteiger partial charge in [-0.05, 0) is 25.2 Å². The lowest BCUT2D eigenvalue weighted by Crippen LogP contribution is -2.30. The van der Waals surface area contributed by atoms with E-state index in [0.29, 0.717) is 11.2 Å². The van der Waals surface area contributed by atoms with Crippen molar-refractivity contribution in [2.24, 2.45) is 5.92 Å². The molecule has 1 aliphatic rings. The summed E-state index contributed by atoms with van der Waals surface area (Å²) in [5.74, 6) is 0.738. The van der Waals surface area contributed by atoms with Crippen molar-refractivity contribution in [3.05, 3.63) is 12.2 Å². The average Bonchev–Trinajstić information content (AvgIpc) is 2.16. The molecule has 68 valence electrons. The highest BCUT2D eigenvalue weighted by atomic mass is 79.9. The summed E-state index contributed by atoms with van der Waals surface area (Å²) in [6.45, 7) is 0.828. The third-order valence-corrected chi connectivity index (χ3v) is 2.60. The molecule has 2 nitrogen and oxygen atoms in total. The van der Waals surface area contributed by atoms with Gasteiger partial charge in [-0.15, -0.1) is 0 Å². The van der Waals surface area contributed by atoms with Gasteiger partial charge in [0, 0.05) is 6.54 Å². The highest BCUT2D eigenvalue weighted by molar-refractivity contribution is 9.09. The van der Waals surface area contributed by atoms with Gasteiger partial charge in [-0.25, -0.2) is 0 Å². The molecule has 1 aliphatic carbocycles. The normalized spacial score (nSPS) is 22.2. The van der Waals surface area contributed by atoms with Gasteiger partial charge in [0.15, 0.2) is 0 Å². The minimum absolute atomic E-state index is 0.0875. The van der Waals surface area contributed by atoms with Crippen molar-refractivity contribution in [3.63, 3.8) is 0 Å². The van der Waals surface area contributed by atoms with Crippen molar-refractivity contribution in [1.82, 2.24) is 5.32 Å². The first-order chi connectivity index (χ1) is 5.83. The summed E-state index contributed by atoms with van der Waals surface area (Å²) in [7, 11) is 0. The molecule has 0 aromatic carbocycles. The molecule has 1 N–H and O–H groups in total. The first-order valence-electron chi connectivity index (χ1n) is 4.30. The average molecular weight is 232 g/mol. The Hall–Kier alpha value is -0.310. The Morgan fingerprint density at radius 2 is 2.42 bits per heavy atom. The van der Waals surface area contributed by atoms with E-state index in [4.69, 9.17) is 0 Å². The molecule has 0 bridgehead atoms. The molecule has 0 saturated heterocycles. The van der Waals surface area contributed by atoms with Crippen LogP contribution in [-0.4, -0.2) is 17.8 Å². The second-order valence-electron chi connectivity index (χ2n) is 3.09. The Morgan fingerprint density at radius 3 is 3.00 bits per heavy atom. The molecule has 1 atom stereocenters. The molecule has 0 saturated carbocycles. The number of nitrogens with one attached hydrogen (secondary N) is 1. The fourth-order valence-electron chi connectivity index (χ4n) is 1.35. The van der Waals surface area contributed by atoms with Gasteiger partial charge in [0.1, 0.15) is 0 Å². The Balaban J connectivity index is 2.14. The summed E-state index contributed by atoms with van der Waals surface area (Å²) in [5.41, 5.74) is 0. The van der Waals surface area contributed by atoms with Crippen LogP contribution in [0, 0.1) is 5.92 Å². The van der Waals surface area contributed by atoms with Gasteiger partial charge >= 0.3 is 0 Å². The second kappa shape index (κ2) is 5.36. The Kier molecular flexibility index (Phi) is 4.36. The lowest BCUT2D eigenvalue weighted by molar-refractivity contribution is -0.118. The number of rotatable bonds is 3. The highest BCUT2D eigenvalue weighted by Crippen LogP contribution is 2.16. The number of alkyl halides is 1. The molecular weight excluding hydrogens is 218 g/mol. The maximum atomic E-state index is 10.9. The number of amides is 1. The van der Waals surface area contributed by atoms with Crippen molar-refractivity contribution < 1.29 is 4.79 Å². The van der Waals surface area contributed by atoms with E-state index in [9.17, 15) is 4.79 Å². The molecule has 0 aromatic heterocycles. The first-order valence-corrected chi connectivity index (χ1v) is 5.42. The quantitative estimate of drug-likeness (QED) is 0.584. The van der Waals surface area contributed by atoms with Crippen molar-refractivity contribution in [2.45, 2.75) is 19.3 Å². The third-order valence-electron chi connectivity index (χ3n) is 2.09. The van der Waals surface area contributed by atoms with Crippen LogP contribution in [0.5, 0.6) is 0 Å². The zero-order valence-corrected chi connectivity index (χ0v) is 8.64. The van der Waals surface area contributed by atoms with E-state index in [1.807, 2.05) is 0 Å². The molecule has 0 spiro atoms. The lowest BCUT2D eigenvalue weighted by Gasteiger charge is -2.17. The van der Waals surface area contributed by atoms with Crippen molar-refractivity contribution in [2.75, 3.05) is 11.9 Å². The Labute approximate surface area is 81.5 Å². The van der Waals surface area contributed by atoms with E-state index < -0.39 is 0 Å². The second-order valence-corrected chi connectivity index (χ2v) is 3.65. The summed E-state index contributed by atoms with van der Waals surface area (Å²) in [6, 6.07) is 0. The van der Waals surface area contributed by atoms with E-state index in [0.717, 1.165) is 19.4 Å². The number of hydrogen-bond donors (Lipinski definition) is 1. The zero-order chi connectivity index (χ0) is 8.81. The van der Waals surface area contributed by atoms with Gasteiger partial charge in [-0.2, -0.15) is 0 Å². The molecule has 0 fully saturated rings. The van der Waals surface area contributed by atoms with Crippen LogP contribution in [-0.2, 0) is 4.79 Å². The predicted molar refractivity (Wildman–Crippen MR) is 53.3 cm³/mol. The van der Waals surface area contributed by atoms with Crippen LogP contribution in [0.4, 0.5) is 0 Å². The van der Waals surface area contributed by atoms with Crippen LogP contribution in [0.3, 0.4) is 0 Å². The SMILES string of the molecule is O=C(CBr)NCC1CC=CCC1. The van der Waals surface area contributed by atoms with E-state index in [1.165, 1.54) is 6.42 Å². The van der Waals surface area contributed by atoms with Crippen LogP contribution in [0.2, 0.25) is 0 Å². The summed E-state index contributed by atoms with van der Waals surface area (Å²) in [6.07, 6.45) is 7.90. The van der Waals surface area contributed by atoms with Crippen LogP contribution < -0.4 is 5.32 Å². The van der Waals surface area contributed by atoms with Crippen LogP contribution in [0.25, 0.3) is 0 Å². The molecular formula is C9H14BrNO. The predicted octanol–water partition coefficient (Wildman–Crippen LogP) is 1.85. The zero-order valence-electron chi connectivity index (χ0n) is 7.05. The van der Waals surface area contributed by atoms with Gasteiger partial charge in [0.25, 0.3) is 0 Å². The van der Waals surface area contributed by atoms with Gasteiger partial charge in [0.05, 0.1) is 5.33 Å². The molecule has 0 heterocycles. The summed E-state index contributed by atoms with van der Waals surface area (Å²) in [4.78, 5) is 10.9. The smallest absolute Gasteiger partial charge is 0.230 e. The van der Waals surface area contributed by atoms with Crippen molar-refractivity contribution >= 4 is 21.8 Å². The van der Waals surface area contributed by atoms with E-state index in [-0.39, 0.29) is 5.91 Å². The van der Waals surface area contributed by atoms with Gasteiger partial charge in [0.2, 0.25) is 5.91 Å². The fraction of sp³-hybridized carbons (Fsp3) is 0.667. The minimum Gasteiger partial charge on any atom is -0.355 e. The van der Waals surface area contributed by atoms with Crippen molar-refractivity contribution in [3.8, 4) is 0 Å². The van der Waals surface area contributed by atoms with Gasteiger partial charge in [-0.1, -0.05) is 28.1 Å². The summed E-state index contributed by atoms with van der Waals surface area (Å²) >= 11 is 3.11. The lowest BCUT2D eigenvalue weighted by atomic mass is 9.94. The highest BCUT2D eigenvalue weighted by Gasteiger charge is 2.10. The number of carbonyl (C=O) groups excluding carboxylic acids is 1. The van der Waals surface area contributed by atoms with Crippen LogP contribution >= 0.6 is 15.9 Å². The fourth-order valence-corrected chi connectivity index (χ4v) is 1.55. The topological polar surface area (TPSA) is 29.1 Å². The van der Waals surface area contributed by atoms with Gasteiger partial charge < -0.3 is 5.32 Å². The first kappa shape index (κ1) is 9.78. The van der Waals surface area contributed by atoms with Crippen LogP contribution in [0.1, 0.15) is 19.3 Å². The molecule has 1 rings (SSSR count). The largest absolute Gasteiger partial charge is 0.355 e. The Bertz CT molecular complexity index is 179. The van der Waals surface area contributed by atoms with E-state index in [1.54, 1.807) is 0 Å². The maximum absolute atomic E-state index is 10.9. The standard InChI is InChI=1S/C9H14BrNO/c10-6-9(12)11-7-8-4-2-1-3-5-8/h1-2,8H,3-7H2,(H,11,12).